The minimum atomic E-state index is -0.00747. The maximum atomic E-state index is 12.5. The number of hydrogen-bond donors (Lipinski definition) is 1. The molecule has 1 atom stereocenters. The van der Waals surface area contributed by atoms with E-state index in [4.69, 9.17) is 4.98 Å². The Balaban J connectivity index is 1.70. The van der Waals surface area contributed by atoms with Gasteiger partial charge in [0, 0.05) is 22.8 Å². The summed E-state index contributed by atoms with van der Waals surface area (Å²) in [5.41, 5.74) is 2.46. The lowest BCUT2D eigenvalue weighted by Crippen LogP contribution is -2.33. The summed E-state index contributed by atoms with van der Waals surface area (Å²) in [6.45, 7) is 8.13. The van der Waals surface area contributed by atoms with Crippen molar-refractivity contribution >= 4 is 32.9 Å². The van der Waals surface area contributed by atoms with Crippen LogP contribution in [-0.2, 0) is 13.0 Å². The molecule has 4 rings (SSSR count). The summed E-state index contributed by atoms with van der Waals surface area (Å²) in [6, 6.07) is 2.33. The van der Waals surface area contributed by atoms with Crippen LogP contribution in [0.15, 0.2) is 16.2 Å². The minimum Gasteiger partial charge on any atom is -0.309 e. The van der Waals surface area contributed by atoms with Crippen LogP contribution >= 0.6 is 22.7 Å². The first-order chi connectivity index (χ1) is 11.0. The monoisotopic (exact) mass is 345 g/mol. The smallest absolute Gasteiger partial charge is 0.259 e. The van der Waals surface area contributed by atoms with Crippen LogP contribution < -0.4 is 5.56 Å². The first-order valence-electron chi connectivity index (χ1n) is 7.84. The number of fused-ring (bicyclic) bond motifs is 2. The van der Waals surface area contributed by atoms with Gasteiger partial charge in [-0.15, -0.1) is 22.7 Å². The molecular formula is C17H19N3OS2. The lowest BCUT2D eigenvalue weighted by molar-refractivity contribution is 0.186. The third-order valence-electron chi connectivity index (χ3n) is 4.84. The van der Waals surface area contributed by atoms with Gasteiger partial charge in [-0.1, -0.05) is 0 Å². The van der Waals surface area contributed by atoms with Gasteiger partial charge in [0.1, 0.15) is 10.7 Å². The van der Waals surface area contributed by atoms with Gasteiger partial charge in [-0.05, 0) is 49.8 Å². The molecule has 0 aromatic carbocycles. The topological polar surface area (TPSA) is 49.0 Å². The van der Waals surface area contributed by atoms with Crippen LogP contribution in [0.25, 0.3) is 10.2 Å². The van der Waals surface area contributed by atoms with E-state index in [1.807, 2.05) is 25.2 Å². The second kappa shape index (κ2) is 5.54. The molecule has 0 bridgehead atoms. The predicted molar refractivity (Wildman–Crippen MR) is 96.6 cm³/mol. The van der Waals surface area contributed by atoms with Gasteiger partial charge in [0.15, 0.2) is 0 Å². The van der Waals surface area contributed by atoms with E-state index in [0.717, 1.165) is 41.1 Å². The molecular weight excluding hydrogens is 326 g/mol. The zero-order valence-corrected chi connectivity index (χ0v) is 15.1. The van der Waals surface area contributed by atoms with Crippen molar-refractivity contribution < 1.29 is 0 Å². The highest BCUT2D eigenvalue weighted by Crippen LogP contribution is 2.30. The van der Waals surface area contributed by atoms with Crippen molar-refractivity contribution in [2.75, 3.05) is 6.54 Å². The third kappa shape index (κ3) is 2.45. The lowest BCUT2D eigenvalue weighted by Gasteiger charge is -2.31. The van der Waals surface area contributed by atoms with Crippen LogP contribution in [0.3, 0.4) is 0 Å². The quantitative estimate of drug-likeness (QED) is 0.769. The van der Waals surface area contributed by atoms with E-state index in [-0.39, 0.29) is 11.6 Å². The average molecular weight is 345 g/mol. The molecule has 1 N–H and O–H groups in total. The molecule has 120 valence electrons. The second-order valence-electron chi connectivity index (χ2n) is 6.18. The van der Waals surface area contributed by atoms with Crippen molar-refractivity contribution in [3.05, 3.63) is 48.5 Å². The van der Waals surface area contributed by atoms with Gasteiger partial charge >= 0.3 is 0 Å². The largest absolute Gasteiger partial charge is 0.309 e. The standard InChI is InChI=1S/C17H19N3OS2/c1-9-11(3)23-17-14(9)16(21)18-15(19-17)10(2)20-6-4-13-12(8-20)5-7-22-13/h5,7,10H,4,6,8H2,1-3H3,(H,18,19,21)/t10-/m0/s1. The van der Waals surface area contributed by atoms with E-state index in [0.29, 0.717) is 0 Å². The molecule has 0 amide bonds. The van der Waals surface area contributed by atoms with Gasteiger partial charge in [0.2, 0.25) is 0 Å². The van der Waals surface area contributed by atoms with Crippen molar-refractivity contribution in [1.82, 2.24) is 14.9 Å². The van der Waals surface area contributed by atoms with Gasteiger partial charge in [-0.25, -0.2) is 4.98 Å². The second-order valence-corrected chi connectivity index (χ2v) is 8.38. The molecule has 1 aliphatic rings. The molecule has 4 heterocycles. The van der Waals surface area contributed by atoms with E-state index in [9.17, 15) is 4.79 Å². The highest BCUT2D eigenvalue weighted by Gasteiger charge is 2.24. The molecule has 0 radical (unpaired) electrons. The fraction of sp³-hybridized carbons (Fsp3) is 0.412. The highest BCUT2D eigenvalue weighted by molar-refractivity contribution is 7.18. The van der Waals surface area contributed by atoms with Gasteiger partial charge in [-0.2, -0.15) is 0 Å². The van der Waals surface area contributed by atoms with Crippen LogP contribution in [-0.4, -0.2) is 21.4 Å². The minimum absolute atomic E-state index is 0.00747. The van der Waals surface area contributed by atoms with E-state index < -0.39 is 0 Å². The fourth-order valence-electron chi connectivity index (χ4n) is 3.24. The lowest BCUT2D eigenvalue weighted by atomic mass is 10.1. The number of aryl methyl sites for hydroxylation is 2. The number of hydrogen-bond acceptors (Lipinski definition) is 5. The average Bonchev–Trinajstić information content (AvgIpc) is 3.11. The zero-order chi connectivity index (χ0) is 16.1. The molecule has 0 saturated heterocycles. The summed E-state index contributed by atoms with van der Waals surface area (Å²) in [5, 5.41) is 2.92. The first kappa shape index (κ1) is 15.1. The Morgan fingerprint density at radius 1 is 1.39 bits per heavy atom. The number of aromatic amines is 1. The molecule has 0 spiro atoms. The molecule has 0 saturated carbocycles. The summed E-state index contributed by atoms with van der Waals surface area (Å²) in [4.78, 5) is 26.2. The maximum absolute atomic E-state index is 12.5. The molecule has 0 fully saturated rings. The Hall–Kier alpha value is -1.50. The van der Waals surface area contributed by atoms with Crippen molar-refractivity contribution in [3.63, 3.8) is 0 Å². The summed E-state index contributed by atoms with van der Waals surface area (Å²) >= 11 is 3.46. The van der Waals surface area contributed by atoms with Gasteiger partial charge < -0.3 is 4.98 Å². The Bertz CT molecular complexity index is 937. The molecule has 0 aliphatic carbocycles. The maximum Gasteiger partial charge on any atom is 0.259 e. The molecule has 3 aromatic rings. The predicted octanol–water partition coefficient (Wildman–Crippen LogP) is 3.78. The molecule has 3 aromatic heterocycles. The summed E-state index contributed by atoms with van der Waals surface area (Å²) in [5.74, 6) is 0.780. The third-order valence-corrected chi connectivity index (χ3v) is 6.96. The molecule has 6 heteroatoms. The Morgan fingerprint density at radius 3 is 3.04 bits per heavy atom. The highest BCUT2D eigenvalue weighted by atomic mass is 32.1. The molecule has 4 nitrogen and oxygen atoms in total. The Labute approximate surface area is 142 Å². The molecule has 0 unspecified atom stereocenters. The van der Waals surface area contributed by atoms with Crippen molar-refractivity contribution in [2.24, 2.45) is 0 Å². The normalized spacial score (nSPS) is 16.7. The van der Waals surface area contributed by atoms with E-state index in [1.165, 1.54) is 15.3 Å². The number of nitrogens with one attached hydrogen (secondary N) is 1. The number of thiophene rings is 2. The Morgan fingerprint density at radius 2 is 2.22 bits per heavy atom. The van der Waals surface area contributed by atoms with Crippen LogP contribution in [0.1, 0.15) is 39.7 Å². The van der Waals surface area contributed by atoms with Crippen LogP contribution in [0.5, 0.6) is 0 Å². The van der Waals surface area contributed by atoms with Crippen molar-refractivity contribution in [1.29, 1.82) is 0 Å². The number of rotatable bonds is 2. The number of aromatic nitrogens is 2. The molecule has 23 heavy (non-hydrogen) atoms. The molecule has 1 aliphatic heterocycles. The van der Waals surface area contributed by atoms with Gasteiger partial charge in [0.05, 0.1) is 11.4 Å². The van der Waals surface area contributed by atoms with Gasteiger partial charge in [0.25, 0.3) is 5.56 Å². The Kier molecular flexibility index (Phi) is 3.63. The van der Waals surface area contributed by atoms with Gasteiger partial charge in [-0.3, -0.25) is 9.69 Å². The van der Waals surface area contributed by atoms with Crippen LogP contribution in [0, 0.1) is 13.8 Å². The van der Waals surface area contributed by atoms with E-state index in [2.05, 4.69) is 28.3 Å². The fourth-order valence-corrected chi connectivity index (χ4v) is 5.17. The summed E-state index contributed by atoms with van der Waals surface area (Å²) < 4.78 is 0. The first-order valence-corrected chi connectivity index (χ1v) is 9.53. The summed E-state index contributed by atoms with van der Waals surface area (Å²) in [7, 11) is 0. The van der Waals surface area contributed by atoms with E-state index >= 15 is 0 Å². The number of nitrogens with zero attached hydrogens (tertiary/aromatic N) is 2. The summed E-state index contributed by atoms with van der Waals surface area (Å²) in [6.07, 6.45) is 1.08. The van der Waals surface area contributed by atoms with Crippen LogP contribution in [0.4, 0.5) is 0 Å². The van der Waals surface area contributed by atoms with Crippen molar-refractivity contribution in [2.45, 2.75) is 39.8 Å². The van der Waals surface area contributed by atoms with Crippen molar-refractivity contribution in [3.8, 4) is 0 Å². The number of H-pyrrole nitrogens is 1. The SMILES string of the molecule is Cc1sc2nc([C@H](C)N3CCc4sccc4C3)[nH]c(=O)c2c1C. The zero-order valence-electron chi connectivity index (χ0n) is 13.5. The van der Waals surface area contributed by atoms with Crippen LogP contribution in [0.2, 0.25) is 0 Å². The van der Waals surface area contributed by atoms with E-state index in [1.54, 1.807) is 11.3 Å².